The molecule has 0 aliphatic carbocycles. The average molecular weight is 256 g/mol. The SMILES string of the molecule is CCCOc1ccccc1CNCc1cccnc1. The second kappa shape index (κ2) is 7.54. The summed E-state index contributed by atoms with van der Waals surface area (Å²) in [6.45, 7) is 4.49. The van der Waals surface area contributed by atoms with E-state index in [1.165, 1.54) is 11.1 Å². The number of hydrogen-bond acceptors (Lipinski definition) is 3. The van der Waals surface area contributed by atoms with Gasteiger partial charge in [0.05, 0.1) is 6.61 Å². The van der Waals surface area contributed by atoms with Crippen molar-refractivity contribution in [1.29, 1.82) is 0 Å². The molecule has 1 aromatic carbocycles. The van der Waals surface area contributed by atoms with E-state index in [2.05, 4.69) is 29.4 Å². The maximum absolute atomic E-state index is 5.74. The molecule has 0 saturated carbocycles. The van der Waals surface area contributed by atoms with Crippen LogP contribution in [-0.2, 0) is 13.1 Å². The van der Waals surface area contributed by atoms with Crippen molar-refractivity contribution in [2.24, 2.45) is 0 Å². The van der Waals surface area contributed by atoms with E-state index in [0.717, 1.165) is 31.9 Å². The maximum Gasteiger partial charge on any atom is 0.123 e. The zero-order chi connectivity index (χ0) is 13.3. The molecule has 0 fully saturated rings. The molecule has 1 N–H and O–H groups in total. The van der Waals surface area contributed by atoms with Crippen molar-refractivity contribution in [3.8, 4) is 5.75 Å². The average Bonchev–Trinajstić information content (AvgIpc) is 2.47. The largest absolute Gasteiger partial charge is 0.493 e. The molecule has 0 bridgehead atoms. The smallest absolute Gasteiger partial charge is 0.123 e. The van der Waals surface area contributed by atoms with Crippen LogP contribution >= 0.6 is 0 Å². The number of pyridine rings is 1. The molecule has 0 aliphatic rings. The molecule has 1 heterocycles. The van der Waals surface area contributed by atoms with Gasteiger partial charge in [0.25, 0.3) is 0 Å². The van der Waals surface area contributed by atoms with Gasteiger partial charge in [-0.1, -0.05) is 31.2 Å². The van der Waals surface area contributed by atoms with E-state index in [1.807, 2.05) is 30.5 Å². The van der Waals surface area contributed by atoms with Gasteiger partial charge in [0.15, 0.2) is 0 Å². The highest BCUT2D eigenvalue weighted by Gasteiger charge is 2.02. The Morgan fingerprint density at radius 3 is 2.79 bits per heavy atom. The lowest BCUT2D eigenvalue weighted by Gasteiger charge is -2.11. The number of aromatic nitrogens is 1. The summed E-state index contributed by atoms with van der Waals surface area (Å²) in [6, 6.07) is 12.2. The molecule has 0 atom stereocenters. The summed E-state index contributed by atoms with van der Waals surface area (Å²) < 4.78 is 5.74. The van der Waals surface area contributed by atoms with E-state index < -0.39 is 0 Å². The van der Waals surface area contributed by atoms with Gasteiger partial charge in [-0.2, -0.15) is 0 Å². The van der Waals surface area contributed by atoms with Crippen molar-refractivity contribution < 1.29 is 4.74 Å². The van der Waals surface area contributed by atoms with E-state index in [0.29, 0.717) is 0 Å². The van der Waals surface area contributed by atoms with E-state index in [-0.39, 0.29) is 0 Å². The molecule has 0 aliphatic heterocycles. The Hall–Kier alpha value is -1.87. The third-order valence-corrected chi connectivity index (χ3v) is 2.80. The molecule has 0 radical (unpaired) electrons. The monoisotopic (exact) mass is 256 g/mol. The Kier molecular flexibility index (Phi) is 5.38. The third kappa shape index (κ3) is 4.38. The van der Waals surface area contributed by atoms with Crippen LogP contribution < -0.4 is 10.1 Å². The molecule has 2 rings (SSSR count). The number of rotatable bonds is 7. The second-order valence-electron chi connectivity index (χ2n) is 4.42. The van der Waals surface area contributed by atoms with E-state index in [4.69, 9.17) is 4.74 Å². The summed E-state index contributed by atoms with van der Waals surface area (Å²) in [4.78, 5) is 4.10. The van der Waals surface area contributed by atoms with Gasteiger partial charge < -0.3 is 10.1 Å². The van der Waals surface area contributed by atoms with Crippen molar-refractivity contribution >= 4 is 0 Å². The Morgan fingerprint density at radius 2 is 2.00 bits per heavy atom. The van der Waals surface area contributed by atoms with Crippen LogP contribution in [-0.4, -0.2) is 11.6 Å². The Morgan fingerprint density at radius 1 is 1.11 bits per heavy atom. The lowest BCUT2D eigenvalue weighted by molar-refractivity contribution is 0.313. The van der Waals surface area contributed by atoms with Crippen LogP contribution in [0.3, 0.4) is 0 Å². The standard InChI is InChI=1S/C16H20N2O/c1-2-10-19-16-8-4-3-7-15(16)13-18-12-14-6-5-9-17-11-14/h3-9,11,18H,2,10,12-13H2,1H3. The lowest BCUT2D eigenvalue weighted by Crippen LogP contribution is -2.13. The number of nitrogens with zero attached hydrogens (tertiary/aromatic N) is 1. The summed E-state index contributed by atoms with van der Waals surface area (Å²) in [7, 11) is 0. The van der Waals surface area contributed by atoms with Gasteiger partial charge in [-0.05, 0) is 24.1 Å². The van der Waals surface area contributed by atoms with Crippen LogP contribution in [0.1, 0.15) is 24.5 Å². The van der Waals surface area contributed by atoms with Crippen molar-refractivity contribution in [3.63, 3.8) is 0 Å². The highest BCUT2D eigenvalue weighted by Crippen LogP contribution is 2.17. The molecule has 3 heteroatoms. The molecule has 0 unspecified atom stereocenters. The number of ether oxygens (including phenoxy) is 1. The topological polar surface area (TPSA) is 34.1 Å². The van der Waals surface area contributed by atoms with Crippen molar-refractivity contribution in [3.05, 3.63) is 59.9 Å². The van der Waals surface area contributed by atoms with Crippen LogP contribution in [0.4, 0.5) is 0 Å². The van der Waals surface area contributed by atoms with E-state index in [9.17, 15) is 0 Å². The lowest BCUT2D eigenvalue weighted by atomic mass is 10.2. The first kappa shape index (κ1) is 13.6. The van der Waals surface area contributed by atoms with Gasteiger partial charge in [-0.25, -0.2) is 0 Å². The Labute approximate surface area is 114 Å². The summed E-state index contributed by atoms with van der Waals surface area (Å²) >= 11 is 0. The van der Waals surface area contributed by atoms with E-state index >= 15 is 0 Å². The predicted octanol–water partition coefficient (Wildman–Crippen LogP) is 3.16. The first-order valence-electron chi connectivity index (χ1n) is 6.70. The van der Waals surface area contributed by atoms with Gasteiger partial charge >= 0.3 is 0 Å². The molecular weight excluding hydrogens is 236 g/mol. The molecular formula is C16H20N2O. The number of nitrogens with one attached hydrogen (secondary N) is 1. The number of benzene rings is 1. The van der Waals surface area contributed by atoms with Gasteiger partial charge in [0.1, 0.15) is 5.75 Å². The second-order valence-corrected chi connectivity index (χ2v) is 4.42. The fourth-order valence-electron chi connectivity index (χ4n) is 1.85. The van der Waals surface area contributed by atoms with Crippen molar-refractivity contribution in [1.82, 2.24) is 10.3 Å². The van der Waals surface area contributed by atoms with Crippen LogP contribution in [0.2, 0.25) is 0 Å². The molecule has 0 spiro atoms. The van der Waals surface area contributed by atoms with Crippen LogP contribution in [0.25, 0.3) is 0 Å². The summed E-state index contributed by atoms with van der Waals surface area (Å²) in [5.41, 5.74) is 2.38. The predicted molar refractivity (Wildman–Crippen MR) is 77.0 cm³/mol. The quantitative estimate of drug-likeness (QED) is 0.826. The van der Waals surface area contributed by atoms with Crippen LogP contribution in [0.15, 0.2) is 48.8 Å². The van der Waals surface area contributed by atoms with Gasteiger partial charge in [0, 0.05) is 31.0 Å². The third-order valence-electron chi connectivity index (χ3n) is 2.80. The molecule has 100 valence electrons. The van der Waals surface area contributed by atoms with Gasteiger partial charge in [-0.15, -0.1) is 0 Å². The Bertz CT molecular complexity index is 485. The summed E-state index contributed by atoms with van der Waals surface area (Å²) in [5, 5.41) is 3.41. The molecule has 2 aromatic rings. The number of para-hydroxylation sites is 1. The molecule has 19 heavy (non-hydrogen) atoms. The fraction of sp³-hybridized carbons (Fsp3) is 0.312. The molecule has 1 aromatic heterocycles. The van der Waals surface area contributed by atoms with Crippen molar-refractivity contribution in [2.45, 2.75) is 26.4 Å². The first-order chi connectivity index (χ1) is 9.40. The summed E-state index contributed by atoms with van der Waals surface area (Å²) in [5.74, 6) is 0.975. The van der Waals surface area contributed by atoms with Crippen molar-refractivity contribution in [2.75, 3.05) is 6.61 Å². The molecule has 0 saturated heterocycles. The minimum atomic E-state index is 0.764. The minimum absolute atomic E-state index is 0.764. The zero-order valence-electron chi connectivity index (χ0n) is 11.3. The van der Waals surface area contributed by atoms with E-state index in [1.54, 1.807) is 6.20 Å². The molecule has 3 nitrogen and oxygen atoms in total. The normalized spacial score (nSPS) is 10.4. The maximum atomic E-state index is 5.74. The van der Waals surface area contributed by atoms with Crippen LogP contribution in [0, 0.1) is 0 Å². The first-order valence-corrected chi connectivity index (χ1v) is 6.70. The Balaban J connectivity index is 1.88. The fourth-order valence-corrected chi connectivity index (χ4v) is 1.85. The molecule has 0 amide bonds. The number of hydrogen-bond donors (Lipinski definition) is 1. The van der Waals surface area contributed by atoms with Crippen LogP contribution in [0.5, 0.6) is 5.75 Å². The minimum Gasteiger partial charge on any atom is -0.493 e. The van der Waals surface area contributed by atoms with Gasteiger partial charge in [-0.3, -0.25) is 4.98 Å². The summed E-state index contributed by atoms with van der Waals surface area (Å²) in [6.07, 6.45) is 4.70. The highest BCUT2D eigenvalue weighted by molar-refractivity contribution is 5.33. The van der Waals surface area contributed by atoms with Gasteiger partial charge in [0.2, 0.25) is 0 Å². The zero-order valence-corrected chi connectivity index (χ0v) is 11.3. The highest BCUT2D eigenvalue weighted by atomic mass is 16.5.